The van der Waals surface area contributed by atoms with Gasteiger partial charge in [0.15, 0.2) is 0 Å². The van der Waals surface area contributed by atoms with Gasteiger partial charge in [0, 0.05) is 6.61 Å². The van der Waals surface area contributed by atoms with Crippen LogP contribution in [0.5, 0.6) is 0 Å². The second kappa shape index (κ2) is 3.42. The summed E-state index contributed by atoms with van der Waals surface area (Å²) in [6.07, 6.45) is 8.69. The van der Waals surface area contributed by atoms with Crippen LogP contribution in [0.25, 0.3) is 0 Å². The van der Waals surface area contributed by atoms with Crippen molar-refractivity contribution >= 4 is 0 Å². The normalized spacial score (nSPS) is 40.5. The smallest absolute Gasteiger partial charge is 0.102 e. The number of hydrogen-bond acceptors (Lipinski definition) is 2. The van der Waals surface area contributed by atoms with Crippen molar-refractivity contribution in [2.45, 2.75) is 31.2 Å². The molecule has 0 bridgehead atoms. The molecule has 0 radical (unpaired) electrons. The van der Waals surface area contributed by atoms with Gasteiger partial charge in [0.05, 0.1) is 12.2 Å². The first-order chi connectivity index (χ1) is 5.90. The van der Waals surface area contributed by atoms with Crippen molar-refractivity contribution in [3.8, 4) is 0 Å². The highest BCUT2D eigenvalue weighted by Gasteiger charge is 2.28. The van der Waals surface area contributed by atoms with Crippen LogP contribution in [0.4, 0.5) is 0 Å². The minimum absolute atomic E-state index is 0.0907. The van der Waals surface area contributed by atoms with E-state index < -0.39 is 0 Å². The predicted octanol–water partition coefficient (Wildman–Crippen LogP) is 1.68. The van der Waals surface area contributed by atoms with Crippen molar-refractivity contribution in [1.82, 2.24) is 0 Å². The van der Waals surface area contributed by atoms with Gasteiger partial charge in [-0.1, -0.05) is 18.2 Å². The van der Waals surface area contributed by atoms with Gasteiger partial charge >= 0.3 is 0 Å². The van der Waals surface area contributed by atoms with Crippen LogP contribution in [0.2, 0.25) is 0 Å². The summed E-state index contributed by atoms with van der Waals surface area (Å²) in [7, 11) is 0. The first kappa shape index (κ1) is 8.02. The van der Waals surface area contributed by atoms with Crippen LogP contribution in [0.1, 0.15) is 12.8 Å². The van der Waals surface area contributed by atoms with Crippen molar-refractivity contribution < 1.29 is 9.47 Å². The van der Waals surface area contributed by atoms with Crippen molar-refractivity contribution in [2.24, 2.45) is 0 Å². The molecule has 1 fully saturated rings. The summed E-state index contributed by atoms with van der Waals surface area (Å²) < 4.78 is 11.2. The van der Waals surface area contributed by atoms with E-state index in [0.717, 1.165) is 19.4 Å². The van der Waals surface area contributed by atoms with Gasteiger partial charge in [-0.05, 0) is 12.8 Å². The predicted molar refractivity (Wildman–Crippen MR) is 47.0 cm³/mol. The molecular formula is C10H14O2. The van der Waals surface area contributed by atoms with Crippen LogP contribution >= 0.6 is 0 Å². The molecule has 2 heteroatoms. The molecule has 0 spiro atoms. The molecule has 0 saturated carbocycles. The highest BCUT2D eigenvalue weighted by Crippen LogP contribution is 2.24. The van der Waals surface area contributed by atoms with Gasteiger partial charge < -0.3 is 9.47 Å². The zero-order valence-corrected chi connectivity index (χ0v) is 7.11. The number of rotatable bonds is 1. The summed E-state index contributed by atoms with van der Waals surface area (Å²) in [5, 5.41) is 0. The average Bonchev–Trinajstić information content (AvgIpc) is 2.17. The lowest BCUT2D eigenvalue weighted by Crippen LogP contribution is -2.39. The Bertz CT molecular complexity index is 198. The monoisotopic (exact) mass is 166 g/mol. The van der Waals surface area contributed by atoms with Gasteiger partial charge in [0.25, 0.3) is 0 Å². The Morgan fingerprint density at radius 1 is 1.42 bits per heavy atom. The van der Waals surface area contributed by atoms with Gasteiger partial charge in [-0.3, -0.25) is 0 Å². The van der Waals surface area contributed by atoms with E-state index in [2.05, 4.69) is 12.7 Å². The number of fused-ring (bicyclic) bond motifs is 1. The highest BCUT2D eigenvalue weighted by molar-refractivity contribution is 5.08. The first-order valence-corrected chi connectivity index (χ1v) is 4.48. The standard InChI is InChI=1S/C10H14O2/c1-2-8-5-6-9-10(12-8)4-3-7-11-9/h2,5-6,8-10H,1,3-4,7H2/t8-,9-,10+/m1/s1. The molecule has 3 atom stereocenters. The fourth-order valence-corrected chi connectivity index (χ4v) is 1.70. The summed E-state index contributed by atoms with van der Waals surface area (Å²) in [5.41, 5.74) is 0. The molecule has 0 aromatic heterocycles. The largest absolute Gasteiger partial charge is 0.371 e. The van der Waals surface area contributed by atoms with Crippen LogP contribution in [-0.4, -0.2) is 24.9 Å². The summed E-state index contributed by atoms with van der Waals surface area (Å²) >= 11 is 0. The van der Waals surface area contributed by atoms with Crippen molar-refractivity contribution in [2.75, 3.05) is 6.61 Å². The Morgan fingerprint density at radius 3 is 3.17 bits per heavy atom. The molecule has 0 unspecified atom stereocenters. The highest BCUT2D eigenvalue weighted by atomic mass is 16.5. The first-order valence-electron chi connectivity index (χ1n) is 4.48. The van der Waals surface area contributed by atoms with Crippen LogP contribution in [0.15, 0.2) is 24.8 Å². The fourth-order valence-electron chi connectivity index (χ4n) is 1.70. The van der Waals surface area contributed by atoms with E-state index in [1.54, 1.807) is 0 Å². The number of hydrogen-bond donors (Lipinski definition) is 0. The zero-order valence-electron chi connectivity index (χ0n) is 7.11. The summed E-state index contributed by atoms with van der Waals surface area (Å²) in [4.78, 5) is 0. The van der Waals surface area contributed by atoms with E-state index in [1.807, 2.05) is 12.2 Å². The Morgan fingerprint density at radius 2 is 2.33 bits per heavy atom. The maximum atomic E-state index is 5.71. The third-order valence-corrected chi connectivity index (χ3v) is 2.36. The minimum atomic E-state index is 0.0907. The quantitative estimate of drug-likeness (QED) is 0.552. The SMILES string of the molecule is C=C[C@@H]1C=C[C@H]2OCCC[C@@H]2O1. The molecule has 2 nitrogen and oxygen atoms in total. The van der Waals surface area contributed by atoms with Gasteiger partial charge in [0.2, 0.25) is 0 Å². The van der Waals surface area contributed by atoms with Crippen LogP contribution in [-0.2, 0) is 9.47 Å². The molecule has 66 valence electrons. The van der Waals surface area contributed by atoms with Crippen molar-refractivity contribution in [3.63, 3.8) is 0 Å². The van der Waals surface area contributed by atoms with E-state index in [9.17, 15) is 0 Å². The lowest BCUT2D eigenvalue weighted by molar-refractivity contribution is -0.101. The van der Waals surface area contributed by atoms with Crippen molar-refractivity contribution in [3.05, 3.63) is 24.8 Å². The second-order valence-corrected chi connectivity index (χ2v) is 3.24. The lowest BCUT2D eigenvalue weighted by atomic mass is 10.0. The molecule has 0 amide bonds. The Labute approximate surface area is 72.9 Å². The second-order valence-electron chi connectivity index (χ2n) is 3.24. The summed E-state index contributed by atoms with van der Waals surface area (Å²) in [6, 6.07) is 0. The molecule has 0 N–H and O–H groups in total. The molecule has 0 aromatic carbocycles. The van der Waals surface area contributed by atoms with Crippen LogP contribution in [0.3, 0.4) is 0 Å². The Balaban J connectivity index is 2.05. The number of ether oxygens (including phenoxy) is 2. The maximum absolute atomic E-state index is 5.71. The molecule has 2 heterocycles. The lowest BCUT2D eigenvalue weighted by Gasteiger charge is -2.34. The van der Waals surface area contributed by atoms with E-state index in [4.69, 9.17) is 9.47 Å². The van der Waals surface area contributed by atoms with Gasteiger partial charge in [-0.25, -0.2) is 0 Å². The van der Waals surface area contributed by atoms with E-state index in [1.165, 1.54) is 0 Å². The molecule has 0 aromatic rings. The summed E-state index contributed by atoms with van der Waals surface area (Å²) in [5.74, 6) is 0. The van der Waals surface area contributed by atoms with Crippen LogP contribution in [0, 0.1) is 0 Å². The van der Waals surface area contributed by atoms with E-state index >= 15 is 0 Å². The van der Waals surface area contributed by atoms with E-state index in [-0.39, 0.29) is 18.3 Å². The van der Waals surface area contributed by atoms with Crippen LogP contribution < -0.4 is 0 Å². The molecule has 2 aliphatic heterocycles. The molecule has 1 saturated heterocycles. The molecule has 0 aliphatic carbocycles. The van der Waals surface area contributed by atoms with Gasteiger partial charge in [-0.15, -0.1) is 6.58 Å². The third kappa shape index (κ3) is 1.45. The van der Waals surface area contributed by atoms with Gasteiger partial charge in [-0.2, -0.15) is 0 Å². The third-order valence-electron chi connectivity index (χ3n) is 2.36. The average molecular weight is 166 g/mol. The molecule has 2 aliphatic rings. The van der Waals surface area contributed by atoms with E-state index in [0.29, 0.717) is 0 Å². The topological polar surface area (TPSA) is 18.5 Å². The summed E-state index contributed by atoms with van der Waals surface area (Å²) in [6.45, 7) is 4.57. The maximum Gasteiger partial charge on any atom is 0.102 e. The fraction of sp³-hybridized carbons (Fsp3) is 0.600. The molecule has 2 rings (SSSR count). The minimum Gasteiger partial charge on any atom is -0.371 e. The Hall–Kier alpha value is -0.600. The molecule has 12 heavy (non-hydrogen) atoms. The van der Waals surface area contributed by atoms with Crippen molar-refractivity contribution in [1.29, 1.82) is 0 Å². The molecular weight excluding hydrogens is 152 g/mol. The Kier molecular flexibility index (Phi) is 2.28. The zero-order chi connectivity index (χ0) is 8.39. The van der Waals surface area contributed by atoms with Gasteiger partial charge in [0.1, 0.15) is 6.10 Å².